The van der Waals surface area contributed by atoms with E-state index in [0.29, 0.717) is 23.7 Å². The third-order valence-electron chi connectivity index (χ3n) is 3.44. The van der Waals surface area contributed by atoms with Crippen molar-refractivity contribution in [2.45, 2.75) is 26.4 Å². The Morgan fingerprint density at radius 2 is 2.33 bits per heavy atom. The van der Waals surface area contributed by atoms with Crippen LogP contribution in [0.5, 0.6) is 5.75 Å². The first-order valence-corrected chi connectivity index (χ1v) is 6.96. The molecule has 0 aliphatic carbocycles. The Bertz CT molecular complexity index is 443. The number of thiophene rings is 1. The molecule has 18 heavy (non-hydrogen) atoms. The number of ether oxygens (including phenoxy) is 1. The van der Waals surface area contributed by atoms with Gasteiger partial charge in [0, 0.05) is 18.0 Å². The first-order chi connectivity index (χ1) is 8.52. The second-order valence-corrected chi connectivity index (χ2v) is 6.10. The molecule has 1 aromatic heterocycles. The molecule has 1 amide bonds. The number of amides is 1. The van der Waals surface area contributed by atoms with Crippen molar-refractivity contribution in [3.05, 3.63) is 15.8 Å². The summed E-state index contributed by atoms with van der Waals surface area (Å²) in [4.78, 5) is 15.8. The summed E-state index contributed by atoms with van der Waals surface area (Å²) in [5.41, 5.74) is 0. The van der Waals surface area contributed by atoms with E-state index >= 15 is 0 Å². The third kappa shape index (κ3) is 2.52. The summed E-state index contributed by atoms with van der Waals surface area (Å²) in [7, 11) is 1.57. The molecule has 2 atom stereocenters. The van der Waals surface area contributed by atoms with Gasteiger partial charge in [0.2, 0.25) is 0 Å². The maximum Gasteiger partial charge on any atom is 0.267 e. The van der Waals surface area contributed by atoms with Crippen molar-refractivity contribution in [1.82, 2.24) is 4.90 Å². The minimum atomic E-state index is -0.422. The van der Waals surface area contributed by atoms with E-state index in [0.717, 1.165) is 11.3 Å². The Morgan fingerprint density at radius 3 is 2.94 bits per heavy atom. The Morgan fingerprint density at radius 1 is 1.61 bits per heavy atom. The number of aliphatic hydroxyl groups excluding tert-OH is 1. The maximum atomic E-state index is 12.4. The smallest absolute Gasteiger partial charge is 0.267 e. The van der Waals surface area contributed by atoms with Gasteiger partial charge in [0.1, 0.15) is 10.6 Å². The van der Waals surface area contributed by atoms with Gasteiger partial charge in [0.05, 0.1) is 13.2 Å². The van der Waals surface area contributed by atoms with Gasteiger partial charge >= 0.3 is 0 Å². The number of methoxy groups -OCH3 is 1. The van der Waals surface area contributed by atoms with Gasteiger partial charge in [-0.25, -0.2) is 0 Å². The highest BCUT2D eigenvalue weighted by Gasteiger charge is 2.30. The normalized spacial score (nSPS) is 24.1. The zero-order chi connectivity index (χ0) is 13.3. The fourth-order valence-electron chi connectivity index (χ4n) is 2.17. The summed E-state index contributed by atoms with van der Waals surface area (Å²) >= 11 is 1.44. The molecule has 0 bridgehead atoms. The van der Waals surface area contributed by atoms with E-state index in [1.54, 1.807) is 12.0 Å². The highest BCUT2D eigenvalue weighted by atomic mass is 32.1. The van der Waals surface area contributed by atoms with E-state index in [4.69, 9.17) is 4.74 Å². The summed E-state index contributed by atoms with van der Waals surface area (Å²) in [6.45, 7) is 5.09. The van der Waals surface area contributed by atoms with Crippen LogP contribution in [0.4, 0.5) is 0 Å². The lowest BCUT2D eigenvalue weighted by atomic mass is 9.96. The topological polar surface area (TPSA) is 49.8 Å². The minimum Gasteiger partial charge on any atom is -0.495 e. The largest absolute Gasteiger partial charge is 0.495 e. The molecule has 4 nitrogen and oxygen atoms in total. The highest BCUT2D eigenvalue weighted by Crippen LogP contribution is 2.31. The molecule has 2 heterocycles. The highest BCUT2D eigenvalue weighted by molar-refractivity contribution is 7.14. The predicted molar refractivity (Wildman–Crippen MR) is 71.3 cm³/mol. The van der Waals surface area contributed by atoms with Crippen LogP contribution < -0.4 is 4.74 Å². The second kappa shape index (κ2) is 5.28. The van der Waals surface area contributed by atoms with Crippen LogP contribution in [0.3, 0.4) is 0 Å². The summed E-state index contributed by atoms with van der Waals surface area (Å²) in [5, 5.41) is 9.85. The van der Waals surface area contributed by atoms with Gasteiger partial charge in [-0.1, -0.05) is 6.92 Å². The van der Waals surface area contributed by atoms with Crippen LogP contribution in [0.2, 0.25) is 0 Å². The van der Waals surface area contributed by atoms with E-state index in [2.05, 4.69) is 0 Å². The van der Waals surface area contributed by atoms with Gasteiger partial charge in [0.25, 0.3) is 5.91 Å². The van der Waals surface area contributed by atoms with Crippen molar-refractivity contribution >= 4 is 17.2 Å². The van der Waals surface area contributed by atoms with Gasteiger partial charge in [-0.15, -0.1) is 11.3 Å². The summed E-state index contributed by atoms with van der Waals surface area (Å²) in [6, 6.07) is 1.88. The molecule has 0 spiro atoms. The lowest BCUT2D eigenvalue weighted by molar-refractivity contribution is 0.0250. The van der Waals surface area contributed by atoms with Crippen LogP contribution in [-0.2, 0) is 0 Å². The number of aliphatic hydroxyl groups is 1. The van der Waals surface area contributed by atoms with Crippen LogP contribution >= 0.6 is 11.3 Å². The first kappa shape index (κ1) is 13.4. The molecule has 1 saturated heterocycles. The minimum absolute atomic E-state index is 0.0316. The number of hydrogen-bond acceptors (Lipinski definition) is 4. The summed E-state index contributed by atoms with van der Waals surface area (Å²) in [5.74, 6) is 0.868. The number of piperidine rings is 1. The van der Waals surface area contributed by atoms with E-state index in [1.165, 1.54) is 11.3 Å². The first-order valence-electron chi connectivity index (χ1n) is 6.14. The Labute approximate surface area is 111 Å². The number of likely N-dealkylation sites (tertiary alicyclic amines) is 1. The molecule has 5 heteroatoms. The maximum absolute atomic E-state index is 12.4. The van der Waals surface area contributed by atoms with Gasteiger partial charge in [-0.05, 0) is 25.3 Å². The molecule has 0 aromatic carbocycles. The van der Waals surface area contributed by atoms with Crippen LogP contribution in [0, 0.1) is 12.8 Å². The van der Waals surface area contributed by atoms with E-state index in [-0.39, 0.29) is 11.8 Å². The van der Waals surface area contributed by atoms with Crippen LogP contribution in [-0.4, -0.2) is 42.2 Å². The molecule has 0 saturated carbocycles. The lowest BCUT2D eigenvalue weighted by Crippen LogP contribution is -2.45. The molecule has 1 aliphatic heterocycles. The van der Waals surface area contributed by atoms with E-state index in [1.807, 2.05) is 19.9 Å². The van der Waals surface area contributed by atoms with Crippen molar-refractivity contribution in [3.8, 4) is 5.75 Å². The van der Waals surface area contributed by atoms with Crippen molar-refractivity contribution < 1.29 is 14.6 Å². The quantitative estimate of drug-likeness (QED) is 0.892. The molecule has 100 valence electrons. The Hall–Kier alpha value is -1.07. The van der Waals surface area contributed by atoms with Gasteiger partial charge < -0.3 is 14.7 Å². The third-order valence-corrected chi connectivity index (χ3v) is 4.46. The number of rotatable bonds is 2. The number of aryl methyl sites for hydroxylation is 1. The fourth-order valence-corrected chi connectivity index (χ4v) is 3.12. The van der Waals surface area contributed by atoms with Crippen molar-refractivity contribution in [2.75, 3.05) is 20.2 Å². The van der Waals surface area contributed by atoms with Crippen LogP contribution in [0.25, 0.3) is 0 Å². The molecular formula is C13H19NO3S. The number of β-amino-alcohol motifs (C(OH)–C–C–N with tert-alkyl or cyclic N) is 1. The van der Waals surface area contributed by atoms with Gasteiger partial charge in [-0.3, -0.25) is 4.79 Å². The molecule has 2 rings (SSSR count). The zero-order valence-electron chi connectivity index (χ0n) is 11.0. The molecule has 1 aromatic rings. The van der Waals surface area contributed by atoms with Gasteiger partial charge in [0.15, 0.2) is 0 Å². The molecular weight excluding hydrogens is 250 g/mol. The van der Waals surface area contributed by atoms with Crippen molar-refractivity contribution in [1.29, 1.82) is 0 Å². The monoisotopic (exact) mass is 269 g/mol. The average Bonchev–Trinajstić information content (AvgIpc) is 2.73. The number of hydrogen-bond donors (Lipinski definition) is 1. The SMILES string of the molecule is COc1cc(C)sc1C(=O)N1CCC(C)C(O)C1. The van der Waals surface area contributed by atoms with Crippen LogP contribution in [0.15, 0.2) is 6.07 Å². The fraction of sp³-hybridized carbons (Fsp3) is 0.615. The molecule has 1 N–H and O–H groups in total. The molecule has 1 aliphatic rings. The molecule has 1 fully saturated rings. The Balaban J connectivity index is 2.16. The van der Waals surface area contributed by atoms with Gasteiger partial charge in [-0.2, -0.15) is 0 Å². The number of carbonyl (C=O) groups excluding carboxylic acids is 1. The number of nitrogens with zero attached hydrogens (tertiary/aromatic N) is 1. The van der Waals surface area contributed by atoms with E-state index in [9.17, 15) is 9.90 Å². The molecule has 0 radical (unpaired) electrons. The summed E-state index contributed by atoms with van der Waals surface area (Å²) in [6.07, 6.45) is 0.425. The number of carbonyl (C=O) groups is 1. The van der Waals surface area contributed by atoms with Crippen LogP contribution in [0.1, 0.15) is 27.9 Å². The second-order valence-electron chi connectivity index (χ2n) is 4.84. The van der Waals surface area contributed by atoms with Crippen molar-refractivity contribution in [2.24, 2.45) is 5.92 Å². The standard InChI is InChI=1S/C13H19NO3S/c1-8-4-5-14(7-10(8)15)13(16)12-11(17-3)6-9(2)18-12/h6,8,10,15H,4-5,7H2,1-3H3. The van der Waals surface area contributed by atoms with E-state index < -0.39 is 6.10 Å². The molecule has 2 unspecified atom stereocenters. The van der Waals surface area contributed by atoms with Crippen molar-refractivity contribution in [3.63, 3.8) is 0 Å². The zero-order valence-corrected chi connectivity index (χ0v) is 11.8. The lowest BCUT2D eigenvalue weighted by Gasteiger charge is -2.34. The Kier molecular flexibility index (Phi) is 3.92. The summed E-state index contributed by atoms with van der Waals surface area (Å²) < 4.78 is 5.23. The average molecular weight is 269 g/mol. The predicted octanol–water partition coefficient (Wildman–Crippen LogP) is 1.91.